The number of carbonyl (C=O) groups is 2. The molecular formula is C8H8N2O2. The first kappa shape index (κ1) is 8.39. The molecule has 12 heavy (non-hydrogen) atoms. The second kappa shape index (κ2) is 3.13. The van der Waals surface area contributed by atoms with Crippen molar-refractivity contribution in [2.75, 3.05) is 0 Å². The van der Waals surface area contributed by atoms with Crippen LogP contribution in [0.5, 0.6) is 0 Å². The third-order valence-corrected chi connectivity index (χ3v) is 1.26. The molecular weight excluding hydrogens is 156 g/mol. The van der Waals surface area contributed by atoms with Crippen molar-refractivity contribution in [2.24, 2.45) is 10.7 Å². The minimum Gasteiger partial charge on any atom is -0.399 e. The van der Waals surface area contributed by atoms with Crippen LogP contribution in [0, 0.1) is 0 Å². The van der Waals surface area contributed by atoms with E-state index in [0.717, 1.165) is 0 Å². The van der Waals surface area contributed by atoms with Gasteiger partial charge in [0.1, 0.15) is 5.71 Å². The van der Waals surface area contributed by atoms with Crippen LogP contribution >= 0.6 is 0 Å². The molecule has 0 heterocycles. The molecule has 0 saturated heterocycles. The van der Waals surface area contributed by atoms with E-state index in [2.05, 4.69) is 4.99 Å². The normalized spacial score (nSPS) is 19.6. The number of ketones is 1. The Morgan fingerprint density at radius 1 is 1.50 bits per heavy atom. The van der Waals surface area contributed by atoms with Crippen LogP contribution in [0.1, 0.15) is 6.92 Å². The molecule has 0 atom stereocenters. The lowest BCUT2D eigenvalue weighted by molar-refractivity contribution is -0.116. The second-order valence-corrected chi connectivity index (χ2v) is 2.36. The average Bonchev–Trinajstić information content (AvgIpc) is 1.96. The summed E-state index contributed by atoms with van der Waals surface area (Å²) in [5.41, 5.74) is 5.92. The van der Waals surface area contributed by atoms with Crippen LogP contribution in [-0.4, -0.2) is 17.4 Å². The SMILES string of the molecule is CC(=O)N=C1C=C(N)C=CC1=O. The van der Waals surface area contributed by atoms with Gasteiger partial charge in [0.2, 0.25) is 11.7 Å². The minimum atomic E-state index is -0.405. The maximum Gasteiger partial charge on any atom is 0.243 e. The summed E-state index contributed by atoms with van der Waals surface area (Å²) in [6, 6.07) is 0. The van der Waals surface area contributed by atoms with Crippen molar-refractivity contribution in [2.45, 2.75) is 6.92 Å². The number of amides is 1. The minimum absolute atomic E-state index is 0.0995. The summed E-state index contributed by atoms with van der Waals surface area (Å²) in [6.07, 6.45) is 4.14. The molecule has 0 aromatic rings. The topological polar surface area (TPSA) is 72.5 Å². The summed E-state index contributed by atoms with van der Waals surface area (Å²) < 4.78 is 0. The summed E-state index contributed by atoms with van der Waals surface area (Å²) in [7, 11) is 0. The van der Waals surface area contributed by atoms with Crippen molar-refractivity contribution in [3.63, 3.8) is 0 Å². The van der Waals surface area contributed by atoms with Crippen LogP contribution in [0.2, 0.25) is 0 Å². The van der Waals surface area contributed by atoms with E-state index in [1.165, 1.54) is 25.2 Å². The smallest absolute Gasteiger partial charge is 0.243 e. The van der Waals surface area contributed by atoms with Crippen molar-refractivity contribution in [1.29, 1.82) is 0 Å². The molecule has 1 amide bonds. The predicted octanol–water partition coefficient (Wildman–Crippen LogP) is -0.0446. The molecule has 0 radical (unpaired) electrons. The van der Waals surface area contributed by atoms with Gasteiger partial charge in [0.15, 0.2) is 0 Å². The summed E-state index contributed by atoms with van der Waals surface area (Å²) in [6.45, 7) is 1.28. The number of nitrogens with zero attached hydrogens (tertiary/aromatic N) is 1. The molecule has 2 N–H and O–H groups in total. The summed E-state index contributed by atoms with van der Waals surface area (Å²) in [5.74, 6) is -0.697. The zero-order valence-corrected chi connectivity index (χ0v) is 6.57. The Kier molecular flexibility index (Phi) is 2.19. The quantitative estimate of drug-likeness (QED) is 0.510. The summed E-state index contributed by atoms with van der Waals surface area (Å²) in [4.78, 5) is 25.0. The van der Waals surface area contributed by atoms with E-state index in [1.54, 1.807) is 0 Å². The highest BCUT2D eigenvalue weighted by atomic mass is 16.1. The van der Waals surface area contributed by atoms with Crippen molar-refractivity contribution in [3.8, 4) is 0 Å². The van der Waals surface area contributed by atoms with E-state index in [9.17, 15) is 9.59 Å². The number of hydrogen-bond donors (Lipinski definition) is 1. The Bertz CT molecular complexity index is 324. The number of allylic oxidation sites excluding steroid dienone is 3. The fraction of sp³-hybridized carbons (Fsp3) is 0.125. The van der Waals surface area contributed by atoms with Gasteiger partial charge in [0.05, 0.1) is 0 Å². The maximum absolute atomic E-state index is 11.0. The molecule has 0 aromatic carbocycles. The van der Waals surface area contributed by atoms with Gasteiger partial charge < -0.3 is 5.73 Å². The van der Waals surface area contributed by atoms with Gasteiger partial charge in [0.25, 0.3) is 0 Å². The van der Waals surface area contributed by atoms with Crippen LogP contribution in [0.15, 0.2) is 28.9 Å². The number of carbonyl (C=O) groups excluding carboxylic acids is 2. The second-order valence-electron chi connectivity index (χ2n) is 2.36. The fourth-order valence-corrected chi connectivity index (χ4v) is 0.791. The van der Waals surface area contributed by atoms with Gasteiger partial charge in [-0.1, -0.05) is 0 Å². The van der Waals surface area contributed by atoms with Gasteiger partial charge in [-0.25, -0.2) is 4.99 Å². The number of aliphatic imine (C=N–C) groups is 1. The molecule has 1 aliphatic rings. The Hall–Kier alpha value is -1.71. The molecule has 0 spiro atoms. The first-order valence-electron chi connectivity index (χ1n) is 3.38. The Morgan fingerprint density at radius 3 is 2.75 bits per heavy atom. The van der Waals surface area contributed by atoms with E-state index >= 15 is 0 Å². The van der Waals surface area contributed by atoms with Gasteiger partial charge in [0, 0.05) is 12.6 Å². The zero-order valence-electron chi connectivity index (χ0n) is 6.57. The van der Waals surface area contributed by atoms with Gasteiger partial charge in [-0.05, 0) is 18.2 Å². The molecule has 0 unspecified atom stereocenters. The van der Waals surface area contributed by atoms with Crippen molar-refractivity contribution >= 4 is 17.4 Å². The van der Waals surface area contributed by atoms with Gasteiger partial charge in [-0.2, -0.15) is 0 Å². The zero-order chi connectivity index (χ0) is 9.14. The molecule has 1 rings (SSSR count). The lowest BCUT2D eigenvalue weighted by atomic mass is 10.1. The van der Waals surface area contributed by atoms with Gasteiger partial charge >= 0.3 is 0 Å². The van der Waals surface area contributed by atoms with E-state index in [1.807, 2.05) is 0 Å². The third kappa shape index (κ3) is 1.88. The molecule has 0 fully saturated rings. The van der Waals surface area contributed by atoms with Gasteiger partial charge in [-0.3, -0.25) is 9.59 Å². The Balaban J connectivity index is 3.00. The van der Waals surface area contributed by atoms with Crippen LogP contribution in [0.3, 0.4) is 0 Å². The summed E-state index contributed by atoms with van der Waals surface area (Å²) in [5, 5.41) is 0. The molecule has 62 valence electrons. The van der Waals surface area contributed by atoms with E-state index in [0.29, 0.717) is 5.70 Å². The highest BCUT2D eigenvalue weighted by Crippen LogP contribution is 2.00. The molecule has 0 aromatic heterocycles. The molecule has 0 bridgehead atoms. The standard InChI is InChI=1S/C8H8N2O2/c1-5(11)10-7-4-6(9)2-3-8(7)12/h2-4H,9H2,1H3. The largest absolute Gasteiger partial charge is 0.399 e. The number of nitrogens with two attached hydrogens (primary N) is 1. The molecule has 4 nitrogen and oxygen atoms in total. The average molecular weight is 164 g/mol. The van der Waals surface area contributed by atoms with Gasteiger partial charge in [-0.15, -0.1) is 0 Å². The maximum atomic E-state index is 11.0. The Morgan fingerprint density at radius 2 is 2.17 bits per heavy atom. The molecule has 4 heteroatoms. The van der Waals surface area contributed by atoms with E-state index < -0.39 is 5.91 Å². The third-order valence-electron chi connectivity index (χ3n) is 1.26. The number of hydrogen-bond acceptors (Lipinski definition) is 3. The number of rotatable bonds is 0. The van der Waals surface area contributed by atoms with Crippen LogP contribution < -0.4 is 5.73 Å². The summed E-state index contributed by atoms with van der Waals surface area (Å²) >= 11 is 0. The van der Waals surface area contributed by atoms with Crippen LogP contribution in [0.25, 0.3) is 0 Å². The first-order valence-corrected chi connectivity index (χ1v) is 3.38. The van der Waals surface area contributed by atoms with E-state index in [4.69, 9.17) is 5.73 Å². The monoisotopic (exact) mass is 164 g/mol. The highest BCUT2D eigenvalue weighted by molar-refractivity contribution is 6.50. The molecule has 0 aliphatic heterocycles. The van der Waals surface area contributed by atoms with Crippen LogP contribution in [0.4, 0.5) is 0 Å². The van der Waals surface area contributed by atoms with Crippen molar-refractivity contribution in [1.82, 2.24) is 0 Å². The van der Waals surface area contributed by atoms with E-state index in [-0.39, 0.29) is 11.5 Å². The first-order chi connectivity index (χ1) is 5.59. The van der Waals surface area contributed by atoms with Crippen molar-refractivity contribution in [3.05, 3.63) is 23.9 Å². The van der Waals surface area contributed by atoms with Crippen LogP contribution in [-0.2, 0) is 9.59 Å². The molecule has 0 saturated carbocycles. The van der Waals surface area contributed by atoms with Crippen molar-refractivity contribution < 1.29 is 9.59 Å². The Labute approximate surface area is 69.5 Å². The lowest BCUT2D eigenvalue weighted by Gasteiger charge is -2.01. The molecule has 1 aliphatic carbocycles. The predicted molar refractivity (Wildman–Crippen MR) is 44.5 cm³/mol. The lowest BCUT2D eigenvalue weighted by Crippen LogP contribution is -2.16. The highest BCUT2D eigenvalue weighted by Gasteiger charge is 2.10. The fourth-order valence-electron chi connectivity index (χ4n) is 0.791.